The van der Waals surface area contributed by atoms with Gasteiger partial charge in [-0.2, -0.15) is 18.0 Å². The summed E-state index contributed by atoms with van der Waals surface area (Å²) in [6.07, 6.45) is 22.1. The molecule has 86 heavy (non-hydrogen) atoms. The van der Waals surface area contributed by atoms with E-state index in [4.69, 9.17) is 20.0 Å². The van der Waals surface area contributed by atoms with Crippen molar-refractivity contribution < 1.29 is 19.9 Å². The minimum atomic E-state index is 0. The molecule has 10 aromatic rings. The van der Waals surface area contributed by atoms with Gasteiger partial charge in [0.2, 0.25) is 5.70 Å². The number of quaternary nitrogens is 1. The van der Waals surface area contributed by atoms with Crippen molar-refractivity contribution in [3.63, 3.8) is 0 Å². The van der Waals surface area contributed by atoms with Gasteiger partial charge >= 0.3 is 6.34 Å². The van der Waals surface area contributed by atoms with Gasteiger partial charge in [-0.1, -0.05) is 214 Å². The van der Waals surface area contributed by atoms with Crippen LogP contribution in [0.2, 0.25) is 0 Å². The van der Waals surface area contributed by atoms with Crippen LogP contribution in [0.3, 0.4) is 0 Å². The summed E-state index contributed by atoms with van der Waals surface area (Å²) in [6.45, 7) is 28.2. The highest BCUT2D eigenvalue weighted by molar-refractivity contribution is 7.88. The standard InChI is InChI=1S/C9H10.3C8H7N.3C8H9N.C5H8N2.2C4H6N2.CH4.HPS.H2S/c1-3-9-7-5-4-6-8(9)2;3*1-2-4-8-7(3-1)5-6-9-8;2*1-7-5-3-4-6-8(7)9-2;1-7-3-2-4-8(5-7)6-9;1-5-3-6-4-7(5)2;2*1-4-2-5-3-6-4;;1-2;/h3-7H,1H2,2H3;2*1-4,6H,5H2;1-6,9H;3*2-6,9H,1H3;3-4H,1-2H3;2*2-3H,1H3,(H,5,6);1H4;1H;1H2/p+2/i/hD. The molecule has 7 aromatic carbocycles. The summed E-state index contributed by atoms with van der Waals surface area (Å²) in [5.74, 6) is 0. The van der Waals surface area contributed by atoms with Gasteiger partial charge in [-0.3, -0.25) is 9.98 Å². The van der Waals surface area contributed by atoms with Crippen LogP contribution in [-0.2, 0) is 24.6 Å². The molecular formula is C71H87N12PS2+2. The average Bonchev–Trinajstić information content (AvgIpc) is 4.66. The molecule has 15 heteroatoms. The van der Waals surface area contributed by atoms with Crippen LogP contribution in [0.25, 0.3) is 17.0 Å². The number of nitrogens with zero attached hydrogens (tertiary/aromatic N) is 5. The second kappa shape index (κ2) is 45.3. The zero-order chi connectivity index (χ0) is 63.2. The summed E-state index contributed by atoms with van der Waals surface area (Å²) in [7, 11) is 4.59. The van der Waals surface area contributed by atoms with Crippen molar-refractivity contribution in [3.8, 4) is 0 Å². The smallest absolute Gasteiger partial charge is 0.333 e. The van der Waals surface area contributed by atoms with Crippen LogP contribution < -0.4 is 15.3 Å². The van der Waals surface area contributed by atoms with Crippen LogP contribution in [-0.4, -0.2) is 76.1 Å². The molecule has 0 unspecified atom stereocenters. The molecule has 0 spiro atoms. The highest BCUT2D eigenvalue weighted by Gasteiger charge is 2.08. The summed E-state index contributed by atoms with van der Waals surface area (Å²) in [4.78, 5) is 30.0. The van der Waals surface area contributed by atoms with E-state index in [9.17, 15) is 0 Å². The third-order valence-corrected chi connectivity index (χ3v) is 12.2. The fourth-order valence-corrected chi connectivity index (χ4v) is 7.34. The largest absolute Gasteiger partial charge is 0.380 e. The number of allylic oxidation sites excluding steroid dienone is 1. The third-order valence-electron chi connectivity index (χ3n) is 12.2. The van der Waals surface area contributed by atoms with E-state index in [0.717, 1.165) is 52.5 Å². The fourth-order valence-electron chi connectivity index (χ4n) is 7.34. The number of hydrogen-bond acceptors (Lipinski definition) is 6. The number of aryl methyl sites for hydroxylation is 6. The van der Waals surface area contributed by atoms with Crippen molar-refractivity contribution in [1.82, 2.24) is 24.9 Å². The first-order valence-electron chi connectivity index (χ1n) is 27.5. The summed E-state index contributed by atoms with van der Waals surface area (Å²) < 4.78 is 7.53. The molecule has 6 heterocycles. The molecule has 0 fully saturated rings. The molecule has 3 aromatic heterocycles. The van der Waals surface area contributed by atoms with Crippen molar-refractivity contribution in [2.75, 3.05) is 7.05 Å². The Labute approximate surface area is 527 Å². The Morgan fingerprint density at radius 3 is 1.44 bits per heavy atom. The normalized spacial score (nSPS) is 10.6. The zero-order valence-electron chi connectivity index (χ0n) is 51.0. The number of H-pyrrole nitrogens is 3. The van der Waals surface area contributed by atoms with Gasteiger partial charge in [0.15, 0.2) is 6.20 Å². The maximum absolute atomic E-state index is 6.92. The molecule has 0 saturated carbocycles. The van der Waals surface area contributed by atoms with E-state index < -0.39 is 0 Å². The quantitative estimate of drug-likeness (QED) is 0.0404. The molecule has 0 bridgehead atoms. The first-order valence-corrected chi connectivity index (χ1v) is 28.7. The predicted molar refractivity (Wildman–Crippen MR) is 378 cm³/mol. The molecule has 0 atom stereocenters. The van der Waals surface area contributed by atoms with E-state index in [-0.39, 0.29) is 7.43 Å². The highest BCUT2D eigenvalue weighted by Crippen LogP contribution is 2.23. The van der Waals surface area contributed by atoms with Crippen LogP contribution in [0, 0.1) is 47.0 Å². The first-order chi connectivity index (χ1) is 41.8. The molecule has 8 N–H and O–H groups in total. The van der Waals surface area contributed by atoms with Gasteiger partial charge in [-0.25, -0.2) is 15.3 Å². The fraction of sp³-hybridized carbons (Fsp3) is 0.155. The molecule has 0 amide bonds. The number of aromatic nitrogens is 5. The van der Waals surface area contributed by atoms with Crippen LogP contribution in [0.1, 0.15) is 70.2 Å². The monoisotopic (exact) mass is 1200 g/mol. The summed E-state index contributed by atoms with van der Waals surface area (Å²) in [6, 6.07) is 58.5. The minimum Gasteiger partial charge on any atom is -0.380 e. The number of para-hydroxylation sites is 5. The summed E-state index contributed by atoms with van der Waals surface area (Å²) >= 11 is 6.67. The number of aliphatic imine (C=N–C) groups is 2. The molecule has 446 valence electrons. The molecule has 0 aliphatic carbocycles. The first kappa shape index (κ1) is 72.9. The van der Waals surface area contributed by atoms with Crippen LogP contribution in [0.15, 0.2) is 236 Å². The maximum Gasteiger partial charge on any atom is 0.333 e. The van der Waals surface area contributed by atoms with E-state index >= 15 is 0 Å². The lowest BCUT2D eigenvalue weighted by Gasteiger charge is -1.97. The average molecular weight is 1200 g/mol. The van der Waals surface area contributed by atoms with Gasteiger partial charge < -0.3 is 30.3 Å². The Morgan fingerprint density at radius 1 is 0.628 bits per heavy atom. The van der Waals surface area contributed by atoms with Gasteiger partial charge in [0.1, 0.15) is 7.05 Å². The van der Waals surface area contributed by atoms with E-state index in [1.165, 1.54) is 61.8 Å². The summed E-state index contributed by atoms with van der Waals surface area (Å²) in [5, 5.41) is 10.2. The second-order valence-electron chi connectivity index (χ2n) is 18.6. The Kier molecular flexibility index (Phi) is 38.4. The van der Waals surface area contributed by atoms with Crippen molar-refractivity contribution in [2.24, 2.45) is 9.98 Å². The Bertz CT molecular complexity index is 3360. The molecule has 0 saturated heterocycles. The number of rotatable bonds is 4. The van der Waals surface area contributed by atoms with Crippen molar-refractivity contribution in [3.05, 3.63) is 282 Å². The molecule has 12 nitrogen and oxygen atoms in total. The third kappa shape index (κ3) is 29.9. The number of hydrogen-bond donors (Lipinski definition) is 7. The summed E-state index contributed by atoms with van der Waals surface area (Å²) in [5.41, 5.74) is 18.7. The van der Waals surface area contributed by atoms with Gasteiger partial charge in [0.25, 0.3) is 0 Å². The number of imidazole rings is 2. The Hall–Kier alpha value is -9.17. The molecule has 3 aliphatic rings. The Balaban J connectivity index is 0.000000481. The number of nitrogens with two attached hydrogens (primary N) is 1. The lowest BCUT2D eigenvalue weighted by Crippen LogP contribution is -2.75. The van der Waals surface area contributed by atoms with E-state index in [1.807, 2.05) is 211 Å². The van der Waals surface area contributed by atoms with Crippen molar-refractivity contribution in [2.45, 2.75) is 68.7 Å². The van der Waals surface area contributed by atoms with E-state index in [0.29, 0.717) is 0 Å². The maximum atomic E-state index is 6.92. The van der Waals surface area contributed by atoms with Gasteiger partial charge in [0, 0.05) is 87.3 Å². The molecule has 13 rings (SSSR count). The van der Waals surface area contributed by atoms with Crippen molar-refractivity contribution in [1.29, 1.82) is 6.53 Å². The van der Waals surface area contributed by atoms with E-state index in [2.05, 4.69) is 152 Å². The number of benzene rings is 7. The van der Waals surface area contributed by atoms with Crippen molar-refractivity contribution >= 4 is 111 Å². The SMILES string of the molecule is C.C1=Nc2ccccc2C1.C1=Nc2ccccc2C1.C=Cc1ccccc1C.CC1=C[NH2+]C=[N+]1C.Cc1cccc(C=N)c1.Cc1cnc[nH]1.Cc1cnc[nH]1.P=S.[2H]S.[CH-]=[NH+]c1ccccc1C.[CH-]=[NH+]c1ccccc1C.c1ccc2[nH]ccc2c1. The predicted octanol–water partition coefficient (Wildman–Crippen LogP) is 13.1. The van der Waals surface area contributed by atoms with Crippen LogP contribution in [0.5, 0.6) is 0 Å². The van der Waals surface area contributed by atoms with Gasteiger partial charge in [-0.05, 0) is 93.2 Å². The molecule has 0 radical (unpaired) electrons. The van der Waals surface area contributed by atoms with Crippen LogP contribution in [0.4, 0.5) is 22.7 Å². The molecule has 3 aliphatic heterocycles. The number of fused-ring (bicyclic) bond motifs is 3. The molecular weight excluding hydrogens is 1120 g/mol. The van der Waals surface area contributed by atoms with Gasteiger partial charge in [-0.15, -0.1) is 0 Å². The van der Waals surface area contributed by atoms with Crippen LogP contribution >= 0.6 is 21.4 Å². The minimum absolute atomic E-state index is 0. The van der Waals surface area contributed by atoms with Gasteiger partial charge in [0.05, 0.1) is 36.5 Å². The Morgan fingerprint density at radius 2 is 1.10 bits per heavy atom. The zero-order valence-corrected chi connectivity index (χ0v) is 52.7. The van der Waals surface area contributed by atoms with E-state index in [1.54, 1.807) is 25.0 Å². The number of nitrogens with one attached hydrogen (secondary N) is 6. The number of aromatic amines is 3. The lowest BCUT2D eigenvalue weighted by atomic mass is 10.1. The highest BCUT2D eigenvalue weighted by atomic mass is 32.4. The topological polar surface area (TPSA) is 169 Å². The second-order valence-corrected chi connectivity index (χ2v) is 18.6. The lowest BCUT2D eigenvalue weighted by molar-refractivity contribution is -0.507.